The summed E-state index contributed by atoms with van der Waals surface area (Å²) in [5, 5.41) is 12.4. The van der Waals surface area contributed by atoms with Gasteiger partial charge in [0, 0.05) is 19.2 Å². The van der Waals surface area contributed by atoms with Gasteiger partial charge in [-0.25, -0.2) is 0 Å². The number of likely N-dealkylation sites (N-methyl/N-ethyl adjacent to an activating group) is 2. The highest BCUT2D eigenvalue weighted by Crippen LogP contribution is 2.00. The molecule has 0 aromatic rings. The molecule has 0 saturated carbocycles. The molecule has 0 aliphatic rings. The van der Waals surface area contributed by atoms with Crippen molar-refractivity contribution in [3.05, 3.63) is 0 Å². The maximum absolute atomic E-state index is 9.11. The number of nitrogens with zero attached hydrogens (tertiary/aromatic N) is 1. The van der Waals surface area contributed by atoms with Gasteiger partial charge in [-0.1, -0.05) is 6.92 Å². The van der Waals surface area contributed by atoms with E-state index < -0.39 is 0 Å². The van der Waals surface area contributed by atoms with Crippen molar-refractivity contribution >= 4 is 0 Å². The Bertz CT molecular complexity index is 145. The number of methoxy groups -OCH3 is 1. The zero-order valence-corrected chi connectivity index (χ0v) is 10.5. The van der Waals surface area contributed by atoms with Gasteiger partial charge in [-0.3, -0.25) is 0 Å². The number of hydrogen-bond donors (Lipinski definition) is 2. The van der Waals surface area contributed by atoms with Crippen LogP contribution in [0.3, 0.4) is 0 Å². The van der Waals surface area contributed by atoms with Gasteiger partial charge >= 0.3 is 0 Å². The third kappa shape index (κ3) is 6.84. The molecule has 0 amide bonds. The van der Waals surface area contributed by atoms with Crippen LogP contribution in [0.25, 0.3) is 0 Å². The Balaban J connectivity index is 3.71. The summed E-state index contributed by atoms with van der Waals surface area (Å²) in [5.74, 6) is 0. The molecule has 0 heterocycles. The summed E-state index contributed by atoms with van der Waals surface area (Å²) in [6, 6.07) is 0.642. The molecule has 4 nitrogen and oxygen atoms in total. The van der Waals surface area contributed by atoms with Gasteiger partial charge in [0.2, 0.25) is 0 Å². The number of aliphatic hydroxyl groups excluding tert-OH is 1. The molecule has 92 valence electrons. The van der Waals surface area contributed by atoms with Crippen LogP contribution < -0.4 is 5.32 Å². The predicted octanol–water partition coefficient (Wildman–Crippen LogP) is 0.314. The van der Waals surface area contributed by atoms with Crippen molar-refractivity contribution in [2.45, 2.75) is 32.4 Å². The number of rotatable bonds is 9. The number of nitrogens with one attached hydrogen (secondary N) is 1. The largest absolute Gasteiger partial charge is 0.395 e. The lowest BCUT2D eigenvalue weighted by atomic mass is 10.2. The molecule has 0 bridgehead atoms. The Morgan fingerprint density at radius 2 is 2.13 bits per heavy atom. The smallest absolute Gasteiger partial charge is 0.0615 e. The summed E-state index contributed by atoms with van der Waals surface area (Å²) in [6.07, 6.45) is 0.967. The summed E-state index contributed by atoms with van der Waals surface area (Å²) >= 11 is 0. The molecule has 0 saturated heterocycles. The maximum Gasteiger partial charge on any atom is 0.0615 e. The van der Waals surface area contributed by atoms with Crippen LogP contribution in [0.1, 0.15) is 20.3 Å². The predicted molar refractivity (Wildman–Crippen MR) is 63.1 cm³/mol. The van der Waals surface area contributed by atoms with Gasteiger partial charge in [-0.2, -0.15) is 0 Å². The molecule has 0 fully saturated rings. The highest BCUT2D eigenvalue weighted by atomic mass is 16.5. The van der Waals surface area contributed by atoms with Crippen LogP contribution in [0.15, 0.2) is 0 Å². The van der Waals surface area contributed by atoms with Gasteiger partial charge in [-0.05, 0) is 33.5 Å². The van der Waals surface area contributed by atoms with Crippen molar-refractivity contribution in [1.82, 2.24) is 10.2 Å². The number of hydrogen-bond acceptors (Lipinski definition) is 4. The minimum absolute atomic E-state index is 0.209. The molecule has 0 rings (SSSR count). The Kier molecular flexibility index (Phi) is 9.00. The van der Waals surface area contributed by atoms with Crippen LogP contribution in [0, 0.1) is 0 Å². The van der Waals surface area contributed by atoms with Gasteiger partial charge in [0.05, 0.1) is 13.2 Å². The van der Waals surface area contributed by atoms with E-state index in [0.717, 1.165) is 26.1 Å². The third-order valence-corrected chi connectivity index (χ3v) is 2.70. The average Bonchev–Trinajstić information content (AvgIpc) is 2.24. The first-order chi connectivity index (χ1) is 7.15. The third-order valence-electron chi connectivity index (χ3n) is 2.70. The molecule has 0 spiro atoms. The molecule has 2 unspecified atom stereocenters. The molecular formula is C11H26N2O2. The lowest BCUT2D eigenvalue weighted by Crippen LogP contribution is -2.39. The Morgan fingerprint density at radius 1 is 1.47 bits per heavy atom. The van der Waals surface area contributed by atoms with Crippen molar-refractivity contribution in [3.63, 3.8) is 0 Å². The standard InChI is InChI=1S/C11H26N2O2/c1-5-12-11(8-14)6-7-13(3)10(2)9-15-4/h10-12,14H,5-9H2,1-4H3. The highest BCUT2D eigenvalue weighted by molar-refractivity contribution is 4.69. The number of ether oxygens (including phenoxy) is 1. The molecule has 0 aliphatic carbocycles. The van der Waals surface area contributed by atoms with E-state index in [2.05, 4.69) is 31.1 Å². The minimum Gasteiger partial charge on any atom is -0.395 e. The SMILES string of the molecule is CCNC(CO)CCN(C)C(C)COC. The van der Waals surface area contributed by atoms with Gasteiger partial charge in [0.25, 0.3) is 0 Å². The Labute approximate surface area is 93.6 Å². The van der Waals surface area contributed by atoms with Crippen LogP contribution in [0.4, 0.5) is 0 Å². The van der Waals surface area contributed by atoms with Gasteiger partial charge in [0.15, 0.2) is 0 Å². The van der Waals surface area contributed by atoms with E-state index >= 15 is 0 Å². The number of aliphatic hydroxyl groups is 1. The monoisotopic (exact) mass is 218 g/mol. The molecule has 2 atom stereocenters. The molecule has 15 heavy (non-hydrogen) atoms. The quantitative estimate of drug-likeness (QED) is 0.585. The van der Waals surface area contributed by atoms with Crippen molar-refractivity contribution < 1.29 is 9.84 Å². The van der Waals surface area contributed by atoms with E-state index in [9.17, 15) is 0 Å². The first-order valence-electron chi connectivity index (χ1n) is 5.69. The van der Waals surface area contributed by atoms with E-state index in [1.807, 2.05) is 0 Å². The molecule has 0 aliphatic heterocycles. The van der Waals surface area contributed by atoms with Crippen molar-refractivity contribution in [1.29, 1.82) is 0 Å². The van der Waals surface area contributed by atoms with E-state index in [0.29, 0.717) is 6.04 Å². The fraction of sp³-hybridized carbons (Fsp3) is 1.00. The lowest BCUT2D eigenvalue weighted by molar-refractivity contribution is 0.110. The summed E-state index contributed by atoms with van der Waals surface area (Å²) in [4.78, 5) is 2.25. The second-order valence-electron chi connectivity index (χ2n) is 4.01. The molecule has 2 N–H and O–H groups in total. The lowest BCUT2D eigenvalue weighted by Gasteiger charge is -2.26. The minimum atomic E-state index is 0.209. The van der Waals surface area contributed by atoms with Crippen molar-refractivity contribution in [3.8, 4) is 0 Å². The van der Waals surface area contributed by atoms with Crippen LogP contribution >= 0.6 is 0 Å². The van der Waals surface area contributed by atoms with Gasteiger partial charge in [0.1, 0.15) is 0 Å². The first kappa shape index (κ1) is 14.8. The fourth-order valence-corrected chi connectivity index (χ4v) is 1.49. The van der Waals surface area contributed by atoms with Gasteiger partial charge < -0.3 is 20.1 Å². The Hall–Kier alpha value is -0.160. The van der Waals surface area contributed by atoms with Crippen LogP contribution in [-0.2, 0) is 4.74 Å². The molecular weight excluding hydrogens is 192 g/mol. The normalized spacial score (nSPS) is 15.6. The van der Waals surface area contributed by atoms with Crippen molar-refractivity contribution in [2.75, 3.05) is 40.5 Å². The molecule has 4 heteroatoms. The molecule has 0 aromatic carbocycles. The summed E-state index contributed by atoms with van der Waals surface area (Å²) < 4.78 is 5.10. The first-order valence-corrected chi connectivity index (χ1v) is 5.69. The van der Waals surface area contributed by atoms with Crippen molar-refractivity contribution in [2.24, 2.45) is 0 Å². The zero-order chi connectivity index (χ0) is 11.7. The fourth-order valence-electron chi connectivity index (χ4n) is 1.49. The second kappa shape index (κ2) is 9.09. The van der Waals surface area contributed by atoms with Crippen LogP contribution in [-0.4, -0.2) is 62.6 Å². The van der Waals surface area contributed by atoms with Gasteiger partial charge in [-0.15, -0.1) is 0 Å². The van der Waals surface area contributed by atoms with E-state index in [4.69, 9.17) is 9.84 Å². The Morgan fingerprint density at radius 3 is 2.60 bits per heavy atom. The van der Waals surface area contributed by atoms with E-state index in [-0.39, 0.29) is 12.6 Å². The zero-order valence-electron chi connectivity index (χ0n) is 10.5. The topological polar surface area (TPSA) is 44.7 Å². The maximum atomic E-state index is 9.11. The van der Waals surface area contributed by atoms with Crippen LogP contribution in [0.2, 0.25) is 0 Å². The van der Waals surface area contributed by atoms with E-state index in [1.165, 1.54) is 0 Å². The van der Waals surface area contributed by atoms with Crippen LogP contribution in [0.5, 0.6) is 0 Å². The summed E-state index contributed by atoms with van der Waals surface area (Å²) in [7, 11) is 3.81. The summed E-state index contributed by atoms with van der Waals surface area (Å²) in [6.45, 7) is 7.04. The summed E-state index contributed by atoms with van der Waals surface area (Å²) in [5.41, 5.74) is 0. The molecule has 0 aromatic heterocycles. The molecule has 0 radical (unpaired) electrons. The second-order valence-corrected chi connectivity index (χ2v) is 4.01. The van der Waals surface area contributed by atoms with E-state index in [1.54, 1.807) is 7.11 Å². The average molecular weight is 218 g/mol. The highest BCUT2D eigenvalue weighted by Gasteiger charge is 2.11.